The zero-order chi connectivity index (χ0) is 22.4. The average molecular weight is 428 g/mol. The van der Waals surface area contributed by atoms with Crippen molar-refractivity contribution < 1.29 is 38.3 Å². The lowest BCUT2D eigenvalue weighted by Gasteiger charge is -2.14. The standard InChI is InChI=1S/C21H20N2O8/c1-26-12-8-13(27-2)10-14(9-12)30-15-6-5-7-16(19(15)20(24)25)31-21-22-17(28-3)11-18(23-21)29-4/h5-11H,1-4H3,(H,24,25). The van der Waals surface area contributed by atoms with Crippen LogP contribution in [0.4, 0.5) is 0 Å². The minimum atomic E-state index is -1.27. The molecule has 0 spiro atoms. The van der Waals surface area contributed by atoms with Crippen LogP contribution >= 0.6 is 0 Å². The number of aromatic nitrogens is 2. The molecule has 0 amide bonds. The van der Waals surface area contributed by atoms with Crippen LogP contribution < -0.4 is 28.4 Å². The number of ether oxygens (including phenoxy) is 6. The molecule has 10 heteroatoms. The Hall–Kier alpha value is -4.21. The second-order valence-corrected chi connectivity index (χ2v) is 5.92. The predicted octanol–water partition coefficient (Wildman–Crippen LogP) is 3.79. The van der Waals surface area contributed by atoms with Crippen LogP contribution in [0.2, 0.25) is 0 Å². The normalized spacial score (nSPS) is 10.2. The van der Waals surface area contributed by atoms with Crippen molar-refractivity contribution in [2.75, 3.05) is 28.4 Å². The van der Waals surface area contributed by atoms with Crippen molar-refractivity contribution in [3.63, 3.8) is 0 Å². The van der Waals surface area contributed by atoms with Crippen molar-refractivity contribution in [3.05, 3.63) is 48.0 Å². The molecule has 0 fully saturated rings. The third kappa shape index (κ3) is 5.04. The lowest BCUT2D eigenvalue weighted by molar-refractivity contribution is 0.0691. The van der Waals surface area contributed by atoms with Crippen molar-refractivity contribution >= 4 is 5.97 Å². The highest BCUT2D eigenvalue weighted by molar-refractivity contribution is 5.94. The fourth-order valence-electron chi connectivity index (χ4n) is 2.60. The summed E-state index contributed by atoms with van der Waals surface area (Å²) in [5, 5.41) is 9.81. The second kappa shape index (κ2) is 9.53. The lowest BCUT2D eigenvalue weighted by atomic mass is 10.1. The molecule has 3 aromatic rings. The summed E-state index contributed by atoms with van der Waals surface area (Å²) in [7, 11) is 5.84. The Kier molecular flexibility index (Phi) is 6.61. The Balaban J connectivity index is 2.00. The molecule has 0 aliphatic carbocycles. The molecular formula is C21H20N2O8. The molecule has 3 rings (SSSR count). The first-order valence-corrected chi connectivity index (χ1v) is 8.89. The third-order valence-electron chi connectivity index (χ3n) is 4.03. The van der Waals surface area contributed by atoms with E-state index < -0.39 is 5.97 Å². The molecule has 162 valence electrons. The van der Waals surface area contributed by atoms with Crippen LogP contribution in [0.15, 0.2) is 42.5 Å². The van der Waals surface area contributed by atoms with Gasteiger partial charge >= 0.3 is 12.0 Å². The summed E-state index contributed by atoms with van der Waals surface area (Å²) in [5.74, 6) is 0.394. The zero-order valence-electron chi connectivity index (χ0n) is 17.2. The maximum Gasteiger partial charge on any atom is 0.343 e. The molecule has 0 saturated heterocycles. The average Bonchev–Trinajstić information content (AvgIpc) is 2.78. The minimum Gasteiger partial charge on any atom is -0.496 e. The van der Waals surface area contributed by atoms with Crippen molar-refractivity contribution in [1.29, 1.82) is 0 Å². The van der Waals surface area contributed by atoms with Gasteiger partial charge in [-0.2, -0.15) is 9.97 Å². The molecule has 0 unspecified atom stereocenters. The summed E-state index contributed by atoms with van der Waals surface area (Å²) in [6.45, 7) is 0. The van der Waals surface area contributed by atoms with E-state index in [1.165, 1.54) is 46.6 Å². The summed E-state index contributed by atoms with van der Waals surface area (Å²) in [4.78, 5) is 20.1. The van der Waals surface area contributed by atoms with Crippen molar-refractivity contribution in [1.82, 2.24) is 9.97 Å². The summed E-state index contributed by atoms with van der Waals surface area (Å²) < 4.78 is 32.0. The molecule has 0 saturated carbocycles. The topological polar surface area (TPSA) is 118 Å². The number of aromatic carboxylic acids is 1. The van der Waals surface area contributed by atoms with E-state index in [2.05, 4.69) is 9.97 Å². The van der Waals surface area contributed by atoms with Gasteiger partial charge in [0.25, 0.3) is 0 Å². The number of carbonyl (C=O) groups is 1. The Morgan fingerprint density at radius 2 is 1.26 bits per heavy atom. The maximum absolute atomic E-state index is 12.0. The minimum absolute atomic E-state index is 0.0323. The molecule has 0 atom stereocenters. The fraction of sp³-hybridized carbons (Fsp3) is 0.190. The van der Waals surface area contributed by atoms with Gasteiger partial charge in [-0.1, -0.05) is 6.07 Å². The SMILES string of the molecule is COc1cc(OC)cc(Oc2cccc(Oc3nc(OC)cc(OC)n3)c2C(=O)O)c1. The van der Waals surface area contributed by atoms with Gasteiger partial charge in [-0.05, 0) is 12.1 Å². The van der Waals surface area contributed by atoms with Gasteiger partial charge in [0.15, 0.2) is 0 Å². The van der Waals surface area contributed by atoms with Gasteiger partial charge in [0.1, 0.15) is 34.3 Å². The van der Waals surface area contributed by atoms with Crippen LogP contribution in [-0.4, -0.2) is 49.5 Å². The number of nitrogens with zero attached hydrogens (tertiary/aromatic N) is 2. The van der Waals surface area contributed by atoms with Gasteiger partial charge in [0, 0.05) is 18.2 Å². The fourth-order valence-corrected chi connectivity index (χ4v) is 2.60. The molecule has 1 aromatic heterocycles. The number of benzene rings is 2. The van der Waals surface area contributed by atoms with E-state index in [0.29, 0.717) is 17.2 Å². The van der Waals surface area contributed by atoms with Gasteiger partial charge in [0.2, 0.25) is 11.8 Å². The lowest BCUT2D eigenvalue weighted by Crippen LogP contribution is -2.05. The van der Waals surface area contributed by atoms with Gasteiger partial charge in [0.05, 0.1) is 34.5 Å². The first-order chi connectivity index (χ1) is 15.0. The van der Waals surface area contributed by atoms with E-state index in [0.717, 1.165) is 0 Å². The smallest absolute Gasteiger partial charge is 0.343 e. The first kappa shape index (κ1) is 21.5. The van der Waals surface area contributed by atoms with Crippen LogP contribution in [-0.2, 0) is 0 Å². The number of rotatable bonds is 9. The molecular weight excluding hydrogens is 408 g/mol. The molecule has 1 heterocycles. The molecule has 10 nitrogen and oxygen atoms in total. The summed E-state index contributed by atoms with van der Waals surface area (Å²) >= 11 is 0. The molecule has 2 aromatic carbocycles. The van der Waals surface area contributed by atoms with Crippen molar-refractivity contribution in [3.8, 4) is 46.5 Å². The van der Waals surface area contributed by atoms with E-state index in [-0.39, 0.29) is 34.8 Å². The number of hydrogen-bond donors (Lipinski definition) is 1. The van der Waals surface area contributed by atoms with Gasteiger partial charge in [-0.25, -0.2) is 4.79 Å². The highest BCUT2D eigenvalue weighted by Gasteiger charge is 2.21. The van der Waals surface area contributed by atoms with E-state index in [1.54, 1.807) is 24.3 Å². The Morgan fingerprint density at radius 1 is 0.742 bits per heavy atom. The quantitative estimate of drug-likeness (QED) is 0.539. The van der Waals surface area contributed by atoms with Crippen molar-refractivity contribution in [2.24, 2.45) is 0 Å². The van der Waals surface area contributed by atoms with E-state index in [1.807, 2.05) is 0 Å². The molecule has 1 N–H and O–H groups in total. The second-order valence-electron chi connectivity index (χ2n) is 5.92. The number of carboxylic acids is 1. The van der Waals surface area contributed by atoms with Crippen LogP contribution in [0.5, 0.6) is 46.5 Å². The monoisotopic (exact) mass is 428 g/mol. The van der Waals surface area contributed by atoms with Gasteiger partial charge < -0.3 is 33.5 Å². The summed E-state index contributed by atoms with van der Waals surface area (Å²) in [6, 6.07) is 10.7. The highest BCUT2D eigenvalue weighted by atomic mass is 16.5. The van der Waals surface area contributed by atoms with Crippen LogP contribution in [0.25, 0.3) is 0 Å². The summed E-state index contributed by atoms with van der Waals surface area (Å²) in [6.07, 6.45) is 0. The summed E-state index contributed by atoms with van der Waals surface area (Å²) in [5.41, 5.74) is -0.227. The Morgan fingerprint density at radius 3 is 1.74 bits per heavy atom. The Bertz CT molecular complexity index is 967. The van der Waals surface area contributed by atoms with Gasteiger partial charge in [-0.3, -0.25) is 0 Å². The molecule has 0 bridgehead atoms. The third-order valence-corrected chi connectivity index (χ3v) is 4.03. The largest absolute Gasteiger partial charge is 0.496 e. The van der Waals surface area contributed by atoms with E-state index in [4.69, 9.17) is 28.4 Å². The van der Waals surface area contributed by atoms with Crippen LogP contribution in [0.3, 0.4) is 0 Å². The van der Waals surface area contributed by atoms with Crippen molar-refractivity contribution in [2.45, 2.75) is 0 Å². The van der Waals surface area contributed by atoms with E-state index >= 15 is 0 Å². The van der Waals surface area contributed by atoms with E-state index in [9.17, 15) is 9.90 Å². The number of methoxy groups -OCH3 is 4. The maximum atomic E-state index is 12.0. The van der Waals surface area contributed by atoms with Crippen LogP contribution in [0, 0.1) is 0 Å². The van der Waals surface area contributed by atoms with Gasteiger partial charge in [-0.15, -0.1) is 0 Å². The number of carboxylic acid groups (broad SMARTS) is 1. The first-order valence-electron chi connectivity index (χ1n) is 8.89. The number of hydrogen-bond acceptors (Lipinski definition) is 9. The molecule has 0 aliphatic heterocycles. The van der Waals surface area contributed by atoms with Crippen LogP contribution in [0.1, 0.15) is 10.4 Å². The predicted molar refractivity (Wildman–Crippen MR) is 108 cm³/mol. The Labute approximate surface area is 177 Å². The molecule has 0 aliphatic rings. The zero-order valence-corrected chi connectivity index (χ0v) is 17.2. The molecule has 31 heavy (non-hydrogen) atoms. The highest BCUT2D eigenvalue weighted by Crippen LogP contribution is 2.37. The molecule has 0 radical (unpaired) electrons.